The van der Waals surface area contributed by atoms with E-state index in [0.29, 0.717) is 12.5 Å². The summed E-state index contributed by atoms with van der Waals surface area (Å²) < 4.78 is 5.33. The Labute approximate surface area is 85.4 Å². The number of amides is 1. The third-order valence-corrected chi connectivity index (χ3v) is 2.38. The van der Waals surface area contributed by atoms with Crippen molar-refractivity contribution in [2.45, 2.75) is 19.8 Å². The van der Waals surface area contributed by atoms with E-state index in [2.05, 4.69) is 10.6 Å². The summed E-state index contributed by atoms with van der Waals surface area (Å²) in [6.07, 6.45) is 2.29. The highest BCUT2D eigenvalue weighted by Crippen LogP contribution is 2.11. The van der Waals surface area contributed by atoms with Crippen LogP contribution in [0.1, 0.15) is 19.8 Å². The maximum atomic E-state index is 11.2. The normalized spacial score (nSPS) is 21.9. The van der Waals surface area contributed by atoms with Gasteiger partial charge in [-0.15, -0.1) is 0 Å². The van der Waals surface area contributed by atoms with E-state index in [9.17, 15) is 4.79 Å². The molecule has 1 fully saturated rings. The van der Waals surface area contributed by atoms with Gasteiger partial charge in [-0.1, -0.05) is 6.92 Å². The molecule has 1 atom stereocenters. The van der Waals surface area contributed by atoms with E-state index in [1.165, 1.54) is 6.42 Å². The van der Waals surface area contributed by atoms with Crippen LogP contribution in [0.25, 0.3) is 0 Å². The first-order valence-corrected chi connectivity index (χ1v) is 5.38. The van der Waals surface area contributed by atoms with Crippen LogP contribution in [0.5, 0.6) is 0 Å². The molecule has 0 spiro atoms. The Balaban J connectivity index is 2.03. The second kappa shape index (κ2) is 6.79. The number of nitrogens with one attached hydrogen (secondary N) is 2. The monoisotopic (exact) mass is 200 g/mol. The molecule has 0 saturated carbocycles. The summed E-state index contributed by atoms with van der Waals surface area (Å²) >= 11 is 0. The number of carbonyl (C=O) groups excluding carboxylic acids is 1. The van der Waals surface area contributed by atoms with Gasteiger partial charge in [0, 0.05) is 13.2 Å². The Hall–Kier alpha value is -0.610. The summed E-state index contributed by atoms with van der Waals surface area (Å²) in [6.45, 7) is 5.67. The maximum absolute atomic E-state index is 11.2. The van der Waals surface area contributed by atoms with E-state index < -0.39 is 0 Å². The van der Waals surface area contributed by atoms with E-state index in [0.717, 1.165) is 32.7 Å². The van der Waals surface area contributed by atoms with E-state index in [1.807, 2.05) is 6.92 Å². The quantitative estimate of drug-likeness (QED) is 0.663. The average molecular weight is 200 g/mol. The molecule has 0 radical (unpaired) electrons. The molecule has 14 heavy (non-hydrogen) atoms. The van der Waals surface area contributed by atoms with Gasteiger partial charge in [0.15, 0.2) is 0 Å². The molecule has 1 heterocycles. The van der Waals surface area contributed by atoms with Gasteiger partial charge < -0.3 is 15.4 Å². The van der Waals surface area contributed by atoms with Crippen molar-refractivity contribution in [1.82, 2.24) is 10.6 Å². The zero-order valence-corrected chi connectivity index (χ0v) is 8.84. The Bertz CT molecular complexity index is 168. The van der Waals surface area contributed by atoms with Crippen LogP contribution in [-0.2, 0) is 9.53 Å². The Kier molecular flexibility index (Phi) is 5.56. The predicted molar refractivity (Wildman–Crippen MR) is 55.1 cm³/mol. The fourth-order valence-corrected chi connectivity index (χ4v) is 1.53. The molecule has 1 saturated heterocycles. The van der Waals surface area contributed by atoms with Gasteiger partial charge in [0.2, 0.25) is 5.91 Å². The number of rotatable bonds is 5. The molecule has 2 N–H and O–H groups in total. The zero-order chi connectivity index (χ0) is 10.2. The Morgan fingerprint density at radius 3 is 3.07 bits per heavy atom. The van der Waals surface area contributed by atoms with Crippen LogP contribution in [0.15, 0.2) is 0 Å². The van der Waals surface area contributed by atoms with Crippen molar-refractivity contribution in [3.8, 4) is 0 Å². The molecule has 4 heteroatoms. The van der Waals surface area contributed by atoms with Gasteiger partial charge in [0.05, 0.1) is 13.2 Å². The fraction of sp³-hybridized carbons (Fsp3) is 0.900. The lowest BCUT2D eigenvalue weighted by atomic mass is 10.0. The second-order valence-corrected chi connectivity index (χ2v) is 3.67. The van der Waals surface area contributed by atoms with Gasteiger partial charge in [-0.05, 0) is 25.3 Å². The lowest BCUT2D eigenvalue weighted by Crippen LogP contribution is -2.38. The maximum Gasteiger partial charge on any atom is 0.233 e. The predicted octanol–water partition coefficient (Wildman–Crippen LogP) is 0.139. The lowest BCUT2D eigenvalue weighted by Gasteiger charge is -2.22. The largest absolute Gasteiger partial charge is 0.381 e. The third-order valence-electron chi connectivity index (χ3n) is 2.38. The first kappa shape index (κ1) is 11.5. The van der Waals surface area contributed by atoms with Crippen LogP contribution in [0.2, 0.25) is 0 Å². The van der Waals surface area contributed by atoms with Crippen LogP contribution in [0, 0.1) is 5.92 Å². The highest BCUT2D eigenvalue weighted by Gasteiger charge is 2.14. The van der Waals surface area contributed by atoms with Crippen molar-refractivity contribution >= 4 is 5.91 Å². The minimum atomic E-state index is 0.0809. The number of hydrogen-bond donors (Lipinski definition) is 2. The molecule has 1 unspecified atom stereocenters. The van der Waals surface area contributed by atoms with Crippen LogP contribution in [-0.4, -0.2) is 38.8 Å². The highest BCUT2D eigenvalue weighted by atomic mass is 16.5. The average Bonchev–Trinajstić information content (AvgIpc) is 2.25. The van der Waals surface area contributed by atoms with Gasteiger partial charge in [-0.25, -0.2) is 0 Å². The van der Waals surface area contributed by atoms with E-state index in [1.54, 1.807) is 0 Å². The number of ether oxygens (including phenoxy) is 1. The molecule has 1 amide bonds. The Morgan fingerprint density at radius 2 is 2.43 bits per heavy atom. The second-order valence-electron chi connectivity index (χ2n) is 3.67. The molecule has 0 aromatic carbocycles. The number of carbonyl (C=O) groups is 1. The topological polar surface area (TPSA) is 50.4 Å². The summed E-state index contributed by atoms with van der Waals surface area (Å²) in [4.78, 5) is 11.2. The summed E-state index contributed by atoms with van der Waals surface area (Å²) in [5.41, 5.74) is 0. The molecule has 0 aliphatic carbocycles. The number of hydrogen-bond acceptors (Lipinski definition) is 3. The Morgan fingerprint density at radius 1 is 1.57 bits per heavy atom. The fourth-order valence-electron chi connectivity index (χ4n) is 1.53. The smallest absolute Gasteiger partial charge is 0.233 e. The minimum absolute atomic E-state index is 0.0809. The van der Waals surface area contributed by atoms with E-state index >= 15 is 0 Å². The number of likely N-dealkylation sites (N-methyl/N-ethyl adjacent to an activating group) is 1. The van der Waals surface area contributed by atoms with Crippen molar-refractivity contribution in [1.29, 1.82) is 0 Å². The molecule has 4 nitrogen and oxygen atoms in total. The van der Waals surface area contributed by atoms with Gasteiger partial charge in [-0.3, -0.25) is 4.79 Å². The standard InChI is InChI=1S/C10H20N2O2/c1-2-11-7-10(13)12-6-9-4-3-5-14-8-9/h9,11H,2-8H2,1H3,(H,12,13). The van der Waals surface area contributed by atoms with Gasteiger partial charge in [0.1, 0.15) is 0 Å². The van der Waals surface area contributed by atoms with Crippen LogP contribution in [0.4, 0.5) is 0 Å². The first-order chi connectivity index (χ1) is 6.83. The van der Waals surface area contributed by atoms with Crippen molar-refractivity contribution < 1.29 is 9.53 Å². The van der Waals surface area contributed by atoms with Crippen LogP contribution < -0.4 is 10.6 Å². The molecule has 1 aliphatic rings. The molecule has 0 aromatic heterocycles. The van der Waals surface area contributed by atoms with Gasteiger partial charge in [0.25, 0.3) is 0 Å². The molecule has 82 valence electrons. The molecule has 1 aliphatic heterocycles. The summed E-state index contributed by atoms with van der Waals surface area (Å²) in [7, 11) is 0. The van der Waals surface area contributed by atoms with E-state index in [4.69, 9.17) is 4.74 Å². The van der Waals surface area contributed by atoms with Crippen LogP contribution in [0.3, 0.4) is 0 Å². The van der Waals surface area contributed by atoms with Gasteiger partial charge >= 0.3 is 0 Å². The van der Waals surface area contributed by atoms with Crippen molar-refractivity contribution in [3.63, 3.8) is 0 Å². The van der Waals surface area contributed by atoms with Crippen LogP contribution >= 0.6 is 0 Å². The minimum Gasteiger partial charge on any atom is -0.381 e. The molecular formula is C10H20N2O2. The summed E-state index contributed by atoms with van der Waals surface area (Å²) in [5.74, 6) is 0.590. The summed E-state index contributed by atoms with van der Waals surface area (Å²) in [6, 6.07) is 0. The van der Waals surface area contributed by atoms with E-state index in [-0.39, 0.29) is 5.91 Å². The molecule has 0 bridgehead atoms. The van der Waals surface area contributed by atoms with Crippen molar-refractivity contribution in [2.24, 2.45) is 5.92 Å². The first-order valence-electron chi connectivity index (χ1n) is 5.38. The molecule has 0 aromatic rings. The SMILES string of the molecule is CCNCC(=O)NCC1CCCOC1. The van der Waals surface area contributed by atoms with Crippen molar-refractivity contribution in [3.05, 3.63) is 0 Å². The third kappa shape index (κ3) is 4.58. The zero-order valence-electron chi connectivity index (χ0n) is 8.84. The molecule has 1 rings (SSSR count). The van der Waals surface area contributed by atoms with Gasteiger partial charge in [-0.2, -0.15) is 0 Å². The lowest BCUT2D eigenvalue weighted by molar-refractivity contribution is -0.120. The van der Waals surface area contributed by atoms with Crippen molar-refractivity contribution in [2.75, 3.05) is 32.8 Å². The highest BCUT2D eigenvalue weighted by molar-refractivity contribution is 5.77. The summed E-state index contributed by atoms with van der Waals surface area (Å²) in [5, 5.41) is 5.90. The molecular weight excluding hydrogens is 180 g/mol.